The Kier molecular flexibility index (Phi) is 8.10. The van der Waals surface area contributed by atoms with Gasteiger partial charge < -0.3 is 19.4 Å². The largest absolute Gasteiger partial charge is 0.494 e. The second-order valence-corrected chi connectivity index (χ2v) is 8.62. The molecule has 3 rings (SSSR count). The zero-order chi connectivity index (χ0) is 21.5. The molecule has 0 bridgehead atoms. The topological polar surface area (TPSA) is 56.3 Å². The summed E-state index contributed by atoms with van der Waals surface area (Å²) in [7, 11) is 3.53. The van der Waals surface area contributed by atoms with Crippen LogP contribution in [0.4, 0.5) is 4.79 Å². The molecule has 0 spiro atoms. The maximum atomic E-state index is 12.6. The van der Waals surface area contributed by atoms with Gasteiger partial charge in [0.05, 0.1) is 13.2 Å². The Labute approximate surface area is 180 Å². The van der Waals surface area contributed by atoms with Gasteiger partial charge in [0.1, 0.15) is 5.75 Å². The van der Waals surface area contributed by atoms with Crippen LogP contribution in [-0.2, 0) is 0 Å². The van der Waals surface area contributed by atoms with Crippen molar-refractivity contribution in [3.63, 3.8) is 0 Å². The summed E-state index contributed by atoms with van der Waals surface area (Å²) < 4.78 is 5.85. The number of nitrogens with zero attached hydrogens (tertiary/aromatic N) is 4. The molecule has 2 heterocycles. The predicted molar refractivity (Wildman–Crippen MR) is 118 cm³/mol. The Morgan fingerprint density at radius 2 is 1.77 bits per heavy atom. The lowest BCUT2D eigenvalue weighted by Gasteiger charge is -2.35. The summed E-state index contributed by atoms with van der Waals surface area (Å²) in [5.74, 6) is 0.925. The highest BCUT2D eigenvalue weighted by Gasteiger charge is 2.23. The molecule has 1 unspecified atom stereocenters. The van der Waals surface area contributed by atoms with Crippen molar-refractivity contribution in [2.45, 2.75) is 32.2 Å². The van der Waals surface area contributed by atoms with Crippen LogP contribution >= 0.6 is 0 Å². The van der Waals surface area contributed by atoms with E-state index in [2.05, 4.69) is 16.7 Å². The molecular weight excluding hydrogens is 380 g/mol. The molecule has 2 amide bonds. The monoisotopic (exact) mass is 416 g/mol. The van der Waals surface area contributed by atoms with E-state index in [1.54, 1.807) is 19.0 Å². The van der Waals surface area contributed by atoms with Crippen molar-refractivity contribution in [3.8, 4) is 5.75 Å². The SMILES string of the molecule is CC1CCCN1CCCOc1ccc(C(=O)CN2CCN(C(=O)N(C)C)CC2)cc1. The van der Waals surface area contributed by atoms with E-state index in [-0.39, 0.29) is 11.8 Å². The van der Waals surface area contributed by atoms with Gasteiger partial charge in [-0.15, -0.1) is 0 Å². The first-order valence-corrected chi connectivity index (χ1v) is 11.1. The van der Waals surface area contributed by atoms with E-state index in [9.17, 15) is 9.59 Å². The number of rotatable bonds is 8. The zero-order valence-corrected chi connectivity index (χ0v) is 18.7. The van der Waals surface area contributed by atoms with Crippen LogP contribution in [0.1, 0.15) is 36.5 Å². The minimum Gasteiger partial charge on any atom is -0.494 e. The summed E-state index contributed by atoms with van der Waals surface area (Å²) in [6.07, 6.45) is 3.63. The van der Waals surface area contributed by atoms with Crippen molar-refractivity contribution in [2.75, 3.05) is 66.5 Å². The van der Waals surface area contributed by atoms with E-state index in [0.717, 1.165) is 31.8 Å². The van der Waals surface area contributed by atoms with Crippen LogP contribution in [0, 0.1) is 0 Å². The summed E-state index contributed by atoms with van der Waals surface area (Å²) in [5, 5.41) is 0. The Balaban J connectivity index is 1.37. The van der Waals surface area contributed by atoms with Gasteiger partial charge in [-0.05, 0) is 57.0 Å². The number of carbonyl (C=O) groups excluding carboxylic acids is 2. The molecule has 7 nitrogen and oxygen atoms in total. The highest BCUT2D eigenvalue weighted by Crippen LogP contribution is 2.17. The second kappa shape index (κ2) is 10.8. The number of ether oxygens (including phenoxy) is 1. The van der Waals surface area contributed by atoms with Gasteiger partial charge in [0.15, 0.2) is 5.78 Å². The minimum absolute atomic E-state index is 0.0338. The molecule has 0 radical (unpaired) electrons. The zero-order valence-electron chi connectivity index (χ0n) is 18.7. The van der Waals surface area contributed by atoms with Crippen molar-refractivity contribution in [1.82, 2.24) is 19.6 Å². The lowest BCUT2D eigenvalue weighted by Crippen LogP contribution is -2.52. The number of likely N-dealkylation sites (tertiary alicyclic amines) is 1. The van der Waals surface area contributed by atoms with E-state index < -0.39 is 0 Å². The summed E-state index contributed by atoms with van der Waals surface area (Å²) >= 11 is 0. The summed E-state index contributed by atoms with van der Waals surface area (Å²) in [6.45, 7) is 8.45. The third-order valence-electron chi connectivity index (χ3n) is 6.12. The molecule has 30 heavy (non-hydrogen) atoms. The summed E-state index contributed by atoms with van der Waals surface area (Å²) in [4.78, 5) is 32.7. The van der Waals surface area contributed by atoms with Gasteiger partial charge in [0, 0.05) is 58.4 Å². The highest BCUT2D eigenvalue weighted by atomic mass is 16.5. The van der Waals surface area contributed by atoms with Crippen molar-refractivity contribution in [2.24, 2.45) is 0 Å². The lowest BCUT2D eigenvalue weighted by molar-refractivity contribution is 0.0863. The van der Waals surface area contributed by atoms with Crippen LogP contribution in [0.15, 0.2) is 24.3 Å². The summed E-state index contributed by atoms with van der Waals surface area (Å²) in [5.41, 5.74) is 0.708. The fourth-order valence-corrected chi connectivity index (χ4v) is 4.19. The quantitative estimate of drug-likeness (QED) is 0.481. The Morgan fingerprint density at radius 3 is 2.37 bits per heavy atom. The summed E-state index contributed by atoms with van der Waals surface area (Å²) in [6, 6.07) is 8.22. The second-order valence-electron chi connectivity index (χ2n) is 8.62. The van der Waals surface area contributed by atoms with Crippen LogP contribution < -0.4 is 4.74 Å². The van der Waals surface area contributed by atoms with Crippen LogP contribution in [0.25, 0.3) is 0 Å². The molecule has 1 atom stereocenters. The average Bonchev–Trinajstić information content (AvgIpc) is 3.16. The van der Waals surface area contributed by atoms with Crippen LogP contribution in [0.5, 0.6) is 5.75 Å². The Morgan fingerprint density at radius 1 is 1.07 bits per heavy atom. The van der Waals surface area contributed by atoms with Crippen molar-refractivity contribution in [1.29, 1.82) is 0 Å². The van der Waals surface area contributed by atoms with E-state index in [1.165, 1.54) is 19.4 Å². The molecule has 0 aliphatic carbocycles. The number of amides is 2. The number of carbonyl (C=O) groups is 2. The molecule has 1 aromatic carbocycles. The molecule has 166 valence electrons. The number of hydrogen-bond donors (Lipinski definition) is 0. The Bertz CT molecular complexity index is 699. The lowest BCUT2D eigenvalue weighted by atomic mass is 10.1. The molecule has 2 fully saturated rings. The predicted octanol–water partition coefficient (Wildman–Crippen LogP) is 2.42. The normalized spacial score (nSPS) is 20.4. The van der Waals surface area contributed by atoms with Gasteiger partial charge in [0.25, 0.3) is 0 Å². The van der Waals surface area contributed by atoms with Gasteiger partial charge in [-0.1, -0.05) is 0 Å². The van der Waals surface area contributed by atoms with E-state index in [1.807, 2.05) is 29.2 Å². The maximum Gasteiger partial charge on any atom is 0.319 e. The smallest absolute Gasteiger partial charge is 0.319 e. The Hall–Kier alpha value is -2.12. The first-order valence-electron chi connectivity index (χ1n) is 11.1. The van der Waals surface area contributed by atoms with Gasteiger partial charge in [0.2, 0.25) is 0 Å². The van der Waals surface area contributed by atoms with Crippen molar-refractivity contribution in [3.05, 3.63) is 29.8 Å². The van der Waals surface area contributed by atoms with Crippen molar-refractivity contribution < 1.29 is 14.3 Å². The molecule has 1 aromatic rings. The van der Waals surface area contributed by atoms with Gasteiger partial charge in [-0.3, -0.25) is 9.69 Å². The van der Waals surface area contributed by atoms with Gasteiger partial charge >= 0.3 is 6.03 Å². The number of hydrogen-bond acceptors (Lipinski definition) is 5. The number of Topliss-reactive ketones (excluding diaryl/α,β-unsaturated/α-hetero) is 1. The van der Waals surface area contributed by atoms with Gasteiger partial charge in [-0.2, -0.15) is 0 Å². The van der Waals surface area contributed by atoms with E-state index >= 15 is 0 Å². The molecular formula is C23H36N4O3. The average molecular weight is 417 g/mol. The highest BCUT2D eigenvalue weighted by molar-refractivity contribution is 5.97. The van der Waals surface area contributed by atoms with Gasteiger partial charge in [-0.25, -0.2) is 4.79 Å². The fraction of sp³-hybridized carbons (Fsp3) is 0.652. The minimum atomic E-state index is 0.0338. The number of ketones is 1. The molecule has 7 heteroatoms. The molecule has 0 N–H and O–H groups in total. The third-order valence-corrected chi connectivity index (χ3v) is 6.12. The van der Waals surface area contributed by atoms with Crippen LogP contribution in [0.2, 0.25) is 0 Å². The van der Waals surface area contributed by atoms with Crippen LogP contribution in [0.3, 0.4) is 0 Å². The van der Waals surface area contributed by atoms with Crippen LogP contribution in [-0.4, -0.2) is 104 Å². The van der Waals surface area contributed by atoms with E-state index in [4.69, 9.17) is 4.74 Å². The van der Waals surface area contributed by atoms with Crippen molar-refractivity contribution >= 4 is 11.8 Å². The number of urea groups is 1. The third kappa shape index (κ3) is 6.19. The maximum absolute atomic E-state index is 12.6. The molecule has 2 aliphatic heterocycles. The molecule has 2 saturated heterocycles. The molecule has 2 aliphatic rings. The first kappa shape index (κ1) is 22.6. The number of benzene rings is 1. The first-order chi connectivity index (χ1) is 14.4. The standard InChI is InChI=1S/C23H36N4O3/c1-19-6-4-11-26(19)12-5-17-30-21-9-7-20(8-10-21)22(28)18-25-13-15-27(16-14-25)23(29)24(2)3/h7-10,19H,4-6,11-18H2,1-3H3. The molecule has 0 aromatic heterocycles. The van der Waals surface area contributed by atoms with E-state index in [0.29, 0.717) is 37.8 Å². The fourth-order valence-electron chi connectivity index (χ4n) is 4.19. The molecule has 0 saturated carbocycles. The number of piperazine rings is 1.